The number of carbonyl (C=O) groups excluding carboxylic acids is 1. The van der Waals surface area contributed by atoms with Crippen LogP contribution in [0, 0.1) is 6.92 Å². The summed E-state index contributed by atoms with van der Waals surface area (Å²) in [6.45, 7) is 2.94. The largest absolute Gasteiger partial charge is 0.421 e. The molecule has 0 bridgehead atoms. The third-order valence-corrected chi connectivity index (χ3v) is 6.73. The van der Waals surface area contributed by atoms with Crippen molar-refractivity contribution in [1.29, 1.82) is 0 Å². The molecule has 0 saturated heterocycles. The van der Waals surface area contributed by atoms with Gasteiger partial charge in [0.05, 0.1) is 23.5 Å². The van der Waals surface area contributed by atoms with Crippen LogP contribution < -0.4 is 20.7 Å². The fraction of sp³-hybridized carbons (Fsp3) is 0.273. The molecule has 1 amide bonds. The minimum atomic E-state index is -4.75. The monoisotopic (exact) mass is 521 g/mol. The smallest absolute Gasteiger partial charge is 0.365 e. The van der Waals surface area contributed by atoms with Gasteiger partial charge in [0.2, 0.25) is 21.9 Å². The van der Waals surface area contributed by atoms with E-state index in [2.05, 4.69) is 35.6 Å². The number of anilines is 5. The zero-order valence-corrected chi connectivity index (χ0v) is 20.0. The number of rotatable bonds is 8. The van der Waals surface area contributed by atoms with Crippen LogP contribution in [-0.4, -0.2) is 35.0 Å². The number of amides is 1. The number of hydrogen-bond donors (Lipinski definition) is 4. The average molecular weight is 522 g/mol. The van der Waals surface area contributed by atoms with Gasteiger partial charge in [-0.2, -0.15) is 18.2 Å². The number of fused-ring (bicyclic) bond motifs is 1. The molecular weight excluding hydrogens is 499 g/mol. The third-order valence-electron chi connectivity index (χ3n) is 5.46. The summed E-state index contributed by atoms with van der Waals surface area (Å²) in [5.41, 5.74) is 1.56. The fourth-order valence-electron chi connectivity index (χ4n) is 3.55. The van der Waals surface area contributed by atoms with Crippen LogP contribution in [0.2, 0.25) is 0 Å². The molecule has 0 radical (unpaired) electrons. The highest BCUT2D eigenvalue weighted by Gasteiger charge is 2.35. The Labute approximate surface area is 204 Å². The first-order valence-corrected chi connectivity index (χ1v) is 12.4. The first-order chi connectivity index (χ1) is 17.0. The number of aromatic nitrogens is 3. The summed E-state index contributed by atoms with van der Waals surface area (Å²) in [7, 11) is -3.66. The summed E-state index contributed by atoms with van der Waals surface area (Å²) in [5, 5.41) is 8.21. The number of carbonyl (C=O) groups is 1. The van der Waals surface area contributed by atoms with Gasteiger partial charge in [-0.1, -0.05) is 12.1 Å². The van der Waals surface area contributed by atoms with Gasteiger partial charge in [-0.15, -0.1) is 0 Å². The molecule has 0 fully saturated rings. The fourth-order valence-corrected chi connectivity index (χ4v) is 4.17. The van der Waals surface area contributed by atoms with Gasteiger partial charge in [-0.25, -0.2) is 18.4 Å². The van der Waals surface area contributed by atoms with Gasteiger partial charge in [0.1, 0.15) is 17.2 Å². The Bertz CT molecular complexity index is 1430. The molecule has 2 aromatic heterocycles. The van der Waals surface area contributed by atoms with Crippen LogP contribution in [0.5, 0.6) is 0 Å². The second-order valence-corrected chi connectivity index (χ2v) is 9.97. The molecule has 3 heterocycles. The highest BCUT2D eigenvalue weighted by Crippen LogP contribution is 2.36. The summed E-state index contributed by atoms with van der Waals surface area (Å²) >= 11 is 0. The predicted octanol–water partition coefficient (Wildman–Crippen LogP) is 3.81. The van der Waals surface area contributed by atoms with Crippen molar-refractivity contribution in [2.45, 2.75) is 33.0 Å². The van der Waals surface area contributed by atoms with E-state index >= 15 is 0 Å². The average Bonchev–Trinajstić information content (AvgIpc) is 3.19. The van der Waals surface area contributed by atoms with Gasteiger partial charge in [0, 0.05) is 24.5 Å². The number of halogens is 3. The Morgan fingerprint density at radius 2 is 1.92 bits per heavy atom. The molecule has 0 spiro atoms. The molecule has 0 unspecified atom stereocenters. The predicted molar refractivity (Wildman–Crippen MR) is 128 cm³/mol. The van der Waals surface area contributed by atoms with Gasteiger partial charge < -0.3 is 16.0 Å². The van der Waals surface area contributed by atoms with Crippen LogP contribution in [0.1, 0.15) is 29.2 Å². The summed E-state index contributed by atoms with van der Waals surface area (Å²) in [6, 6.07) is 6.72. The number of nitrogens with zero attached hydrogens (tertiary/aromatic N) is 3. The zero-order valence-electron chi connectivity index (χ0n) is 19.2. The van der Waals surface area contributed by atoms with Crippen molar-refractivity contribution in [2.24, 2.45) is 0 Å². The molecule has 10 nitrogen and oxygen atoms in total. The number of hydrogen-bond acceptors (Lipinski definition) is 8. The molecule has 3 aromatic rings. The van der Waals surface area contributed by atoms with E-state index in [1.54, 1.807) is 31.2 Å². The molecule has 14 heteroatoms. The lowest BCUT2D eigenvalue weighted by molar-refractivity contribution is -0.137. The number of sulfonamides is 1. The van der Waals surface area contributed by atoms with Crippen LogP contribution in [0.25, 0.3) is 0 Å². The topological polar surface area (TPSA) is 138 Å². The van der Waals surface area contributed by atoms with Crippen LogP contribution in [0.15, 0.2) is 36.7 Å². The Morgan fingerprint density at radius 3 is 2.64 bits per heavy atom. The number of para-hydroxylation sites is 1. The third kappa shape index (κ3) is 5.48. The highest BCUT2D eigenvalue weighted by molar-refractivity contribution is 7.92. The molecule has 4 N–H and O–H groups in total. The maximum atomic E-state index is 13.7. The molecule has 190 valence electrons. The molecule has 1 aliphatic heterocycles. The Morgan fingerprint density at radius 1 is 1.14 bits per heavy atom. The lowest BCUT2D eigenvalue weighted by atomic mass is 10.1. The van der Waals surface area contributed by atoms with Gasteiger partial charge in [0.15, 0.2) is 0 Å². The zero-order chi connectivity index (χ0) is 26.1. The quantitative estimate of drug-likeness (QED) is 0.351. The summed E-state index contributed by atoms with van der Waals surface area (Å²) in [4.78, 5) is 23.6. The molecule has 0 atom stereocenters. The van der Waals surface area contributed by atoms with E-state index in [-0.39, 0.29) is 36.4 Å². The van der Waals surface area contributed by atoms with E-state index in [4.69, 9.17) is 0 Å². The first-order valence-electron chi connectivity index (χ1n) is 10.8. The molecule has 1 aliphatic rings. The number of nitrogens with one attached hydrogen (secondary N) is 4. The van der Waals surface area contributed by atoms with Gasteiger partial charge >= 0.3 is 6.18 Å². The van der Waals surface area contributed by atoms with Gasteiger partial charge in [-0.3, -0.25) is 9.52 Å². The number of alkyl halides is 3. The summed E-state index contributed by atoms with van der Waals surface area (Å²) in [6.07, 6.45) is -2.51. The van der Waals surface area contributed by atoms with E-state index in [0.29, 0.717) is 28.7 Å². The molecule has 0 aliphatic carbocycles. The Kier molecular flexibility index (Phi) is 6.71. The van der Waals surface area contributed by atoms with Crippen molar-refractivity contribution in [3.63, 3.8) is 0 Å². The maximum absolute atomic E-state index is 13.7. The maximum Gasteiger partial charge on any atom is 0.421 e. The number of benzene rings is 1. The Balaban J connectivity index is 1.65. The van der Waals surface area contributed by atoms with E-state index < -0.39 is 27.6 Å². The van der Waals surface area contributed by atoms with Gasteiger partial charge in [0.25, 0.3) is 0 Å². The minimum Gasteiger partial charge on any atom is -0.365 e. The van der Waals surface area contributed by atoms with E-state index in [0.717, 1.165) is 5.56 Å². The van der Waals surface area contributed by atoms with Crippen molar-refractivity contribution in [3.8, 4) is 0 Å². The molecule has 0 saturated carbocycles. The lowest BCUT2D eigenvalue weighted by Gasteiger charge is -2.17. The number of aryl methyl sites for hydroxylation is 1. The van der Waals surface area contributed by atoms with Crippen molar-refractivity contribution in [3.05, 3.63) is 58.9 Å². The van der Waals surface area contributed by atoms with Crippen molar-refractivity contribution in [1.82, 2.24) is 15.0 Å². The van der Waals surface area contributed by atoms with Crippen LogP contribution in [0.3, 0.4) is 0 Å². The standard InChI is InChI=1S/C22H22F3N7O3S/c1-3-36(34,35)32-19-14(12(2)7-8-26-19)10-27-20-15(22(23,24)25)11-28-21(31-20)29-16-6-4-5-13-9-17(33)30-18(13)16/h4-8,11H,3,9-10H2,1-2H3,(H,26,32)(H,30,33)(H2,27,28,29,31). The summed E-state index contributed by atoms with van der Waals surface area (Å²) < 4.78 is 67.5. The van der Waals surface area contributed by atoms with Crippen LogP contribution in [-0.2, 0) is 34.0 Å². The highest BCUT2D eigenvalue weighted by atomic mass is 32.2. The van der Waals surface area contributed by atoms with Gasteiger partial charge in [-0.05, 0) is 37.1 Å². The number of pyridine rings is 1. The van der Waals surface area contributed by atoms with Crippen molar-refractivity contribution >= 4 is 44.9 Å². The van der Waals surface area contributed by atoms with Crippen LogP contribution >= 0.6 is 0 Å². The minimum absolute atomic E-state index is 0.0147. The molecule has 36 heavy (non-hydrogen) atoms. The SMILES string of the molecule is CCS(=O)(=O)Nc1nccc(C)c1CNc1nc(Nc2cccc3c2NC(=O)C3)ncc1C(F)(F)F. The van der Waals surface area contributed by atoms with Crippen molar-refractivity contribution in [2.75, 3.05) is 26.4 Å². The van der Waals surface area contributed by atoms with Crippen molar-refractivity contribution < 1.29 is 26.4 Å². The second-order valence-electron chi connectivity index (χ2n) is 7.96. The lowest BCUT2D eigenvalue weighted by Crippen LogP contribution is -2.19. The normalized spacial score (nSPS) is 13.2. The van der Waals surface area contributed by atoms with E-state index in [9.17, 15) is 26.4 Å². The Hall–Kier alpha value is -3.94. The molecule has 4 rings (SSSR count). The van der Waals surface area contributed by atoms with Crippen LogP contribution in [0.4, 0.5) is 42.1 Å². The molecular formula is C22H22F3N7O3S. The van der Waals surface area contributed by atoms with E-state index in [1.807, 2.05) is 0 Å². The first kappa shape index (κ1) is 25.2. The summed E-state index contributed by atoms with van der Waals surface area (Å²) in [5.74, 6) is -1.02. The molecule has 1 aromatic carbocycles. The second kappa shape index (κ2) is 9.60. The van der Waals surface area contributed by atoms with E-state index in [1.165, 1.54) is 13.1 Å².